The summed E-state index contributed by atoms with van der Waals surface area (Å²) in [5.41, 5.74) is 1.78. The molecular formula is C29H36F3N3O5. The predicted octanol–water partition coefficient (Wildman–Crippen LogP) is 5.63. The SMILES string of the molecule is CC(C)(C)C1CCC(c2cc(OC(F)(F)F)ccc2C(=O)N(N)Cc2ccc(C(=O)NCCC(=O)O)cc2)CC1. The summed E-state index contributed by atoms with van der Waals surface area (Å²) in [6, 6.07) is 10.1. The van der Waals surface area contributed by atoms with Gasteiger partial charge in [0.1, 0.15) is 5.75 Å². The zero-order valence-corrected chi connectivity index (χ0v) is 22.9. The first kappa shape index (κ1) is 30.9. The van der Waals surface area contributed by atoms with E-state index in [1.165, 1.54) is 24.3 Å². The molecule has 1 aliphatic rings. The van der Waals surface area contributed by atoms with E-state index >= 15 is 0 Å². The van der Waals surface area contributed by atoms with Crippen LogP contribution in [0, 0.1) is 11.3 Å². The zero-order valence-electron chi connectivity index (χ0n) is 22.9. The van der Waals surface area contributed by atoms with Crippen LogP contribution >= 0.6 is 0 Å². The summed E-state index contributed by atoms with van der Waals surface area (Å²) in [7, 11) is 0. The Kier molecular flexibility index (Phi) is 9.83. The van der Waals surface area contributed by atoms with E-state index in [1.54, 1.807) is 12.1 Å². The summed E-state index contributed by atoms with van der Waals surface area (Å²) < 4.78 is 42.9. The standard InChI is InChI=1S/C29H36F3N3O5/c1-28(2,3)21-10-8-19(9-11-21)24-16-22(40-29(30,31)32)12-13-23(24)27(39)35(33)17-18-4-6-20(7-5-18)26(38)34-15-14-25(36)37/h4-7,12-13,16,19,21H,8-11,14-15,17,33H2,1-3H3,(H,34,38)(H,36,37). The number of hydrogen-bond acceptors (Lipinski definition) is 5. The lowest BCUT2D eigenvalue weighted by molar-refractivity contribution is -0.274. The lowest BCUT2D eigenvalue weighted by Gasteiger charge is -2.37. The van der Waals surface area contributed by atoms with Crippen LogP contribution in [-0.4, -0.2) is 40.8 Å². The summed E-state index contributed by atoms with van der Waals surface area (Å²) in [6.07, 6.45) is -1.79. The molecule has 2 amide bonds. The van der Waals surface area contributed by atoms with Gasteiger partial charge in [-0.25, -0.2) is 5.84 Å². The molecule has 8 nitrogen and oxygen atoms in total. The fourth-order valence-corrected chi connectivity index (χ4v) is 5.11. The molecule has 11 heteroatoms. The molecule has 0 saturated heterocycles. The Bertz CT molecular complexity index is 1200. The highest BCUT2D eigenvalue weighted by Crippen LogP contribution is 2.44. The molecule has 0 radical (unpaired) electrons. The number of hydrogen-bond donors (Lipinski definition) is 3. The maximum Gasteiger partial charge on any atom is 0.573 e. The largest absolute Gasteiger partial charge is 0.573 e. The highest BCUT2D eigenvalue weighted by molar-refractivity contribution is 5.96. The average molecular weight is 564 g/mol. The molecule has 0 bridgehead atoms. The minimum absolute atomic E-state index is 0.00322. The Hall–Kier alpha value is -3.60. The number of nitrogens with zero attached hydrogens (tertiary/aromatic N) is 1. The molecule has 0 atom stereocenters. The van der Waals surface area contributed by atoms with Gasteiger partial charge in [-0.15, -0.1) is 13.2 Å². The van der Waals surface area contributed by atoms with Crippen molar-refractivity contribution in [3.05, 3.63) is 64.7 Å². The molecule has 40 heavy (non-hydrogen) atoms. The second-order valence-electron chi connectivity index (χ2n) is 11.2. The Labute approximate surface area is 231 Å². The maximum atomic E-state index is 13.4. The van der Waals surface area contributed by atoms with Gasteiger partial charge in [-0.2, -0.15) is 0 Å². The van der Waals surface area contributed by atoms with Crippen molar-refractivity contribution in [3.63, 3.8) is 0 Å². The van der Waals surface area contributed by atoms with Gasteiger partial charge in [0.25, 0.3) is 11.8 Å². The summed E-state index contributed by atoms with van der Waals surface area (Å²) in [5.74, 6) is 4.13. The minimum Gasteiger partial charge on any atom is -0.481 e. The third-order valence-corrected chi connectivity index (χ3v) is 7.33. The first-order valence-electron chi connectivity index (χ1n) is 13.2. The number of benzene rings is 2. The van der Waals surface area contributed by atoms with Gasteiger partial charge >= 0.3 is 12.3 Å². The molecule has 1 aliphatic carbocycles. The molecular weight excluding hydrogens is 527 g/mol. The monoisotopic (exact) mass is 563 g/mol. The molecule has 0 aromatic heterocycles. The van der Waals surface area contributed by atoms with Crippen LogP contribution in [0.4, 0.5) is 13.2 Å². The highest BCUT2D eigenvalue weighted by Gasteiger charge is 2.34. The average Bonchev–Trinajstić information content (AvgIpc) is 2.87. The summed E-state index contributed by atoms with van der Waals surface area (Å²) in [6.45, 7) is 6.52. The van der Waals surface area contributed by atoms with Crippen molar-refractivity contribution in [2.24, 2.45) is 17.2 Å². The van der Waals surface area contributed by atoms with Crippen molar-refractivity contribution in [3.8, 4) is 5.75 Å². The minimum atomic E-state index is -4.86. The van der Waals surface area contributed by atoms with Crippen LogP contribution < -0.4 is 15.9 Å². The number of rotatable bonds is 9. The summed E-state index contributed by atoms with van der Waals surface area (Å²) in [5, 5.41) is 12.2. The van der Waals surface area contributed by atoms with Gasteiger partial charge in [-0.3, -0.25) is 19.4 Å². The fourth-order valence-electron chi connectivity index (χ4n) is 5.11. The quantitative estimate of drug-likeness (QED) is 0.207. The second kappa shape index (κ2) is 12.7. The van der Waals surface area contributed by atoms with Crippen LogP contribution in [0.3, 0.4) is 0 Å². The van der Waals surface area contributed by atoms with E-state index in [0.29, 0.717) is 22.6 Å². The van der Waals surface area contributed by atoms with Gasteiger partial charge in [0.2, 0.25) is 0 Å². The molecule has 0 heterocycles. The predicted molar refractivity (Wildman–Crippen MR) is 142 cm³/mol. The number of aliphatic carboxylic acids is 1. The van der Waals surface area contributed by atoms with Gasteiger partial charge in [0, 0.05) is 17.7 Å². The highest BCUT2D eigenvalue weighted by atomic mass is 19.4. The Morgan fingerprint density at radius 1 is 1.02 bits per heavy atom. The second-order valence-corrected chi connectivity index (χ2v) is 11.2. The number of ether oxygens (including phenoxy) is 1. The van der Waals surface area contributed by atoms with E-state index in [2.05, 4.69) is 30.8 Å². The molecule has 3 rings (SSSR count). The topological polar surface area (TPSA) is 122 Å². The Morgan fingerprint density at radius 3 is 2.20 bits per heavy atom. The smallest absolute Gasteiger partial charge is 0.481 e. The van der Waals surface area contributed by atoms with Crippen molar-refractivity contribution in [1.29, 1.82) is 0 Å². The fraction of sp³-hybridized carbons (Fsp3) is 0.483. The van der Waals surface area contributed by atoms with E-state index in [1.807, 2.05) is 0 Å². The van der Waals surface area contributed by atoms with Crippen LogP contribution in [0.15, 0.2) is 42.5 Å². The van der Waals surface area contributed by atoms with Crippen LogP contribution in [0.1, 0.15) is 90.6 Å². The number of halogens is 3. The van der Waals surface area contributed by atoms with Crippen LogP contribution in [-0.2, 0) is 11.3 Å². The Morgan fingerprint density at radius 2 is 1.65 bits per heavy atom. The summed E-state index contributed by atoms with van der Waals surface area (Å²) >= 11 is 0. The molecule has 0 spiro atoms. The van der Waals surface area contributed by atoms with Crippen molar-refractivity contribution in [2.75, 3.05) is 6.54 Å². The number of nitrogens with two attached hydrogens (primary N) is 1. The van der Waals surface area contributed by atoms with E-state index in [9.17, 15) is 27.6 Å². The maximum absolute atomic E-state index is 13.4. The third kappa shape index (κ3) is 8.70. The number of hydrazine groups is 1. The first-order chi connectivity index (χ1) is 18.6. The number of alkyl halides is 3. The van der Waals surface area contributed by atoms with E-state index in [4.69, 9.17) is 10.9 Å². The number of nitrogens with one attached hydrogen (secondary N) is 1. The molecule has 0 unspecified atom stereocenters. The van der Waals surface area contributed by atoms with E-state index < -0.39 is 24.1 Å². The van der Waals surface area contributed by atoms with Crippen LogP contribution in [0.2, 0.25) is 0 Å². The van der Waals surface area contributed by atoms with Crippen molar-refractivity contribution in [1.82, 2.24) is 10.3 Å². The lowest BCUT2D eigenvalue weighted by atomic mass is 9.68. The van der Waals surface area contributed by atoms with Crippen molar-refractivity contribution < 1.29 is 37.4 Å². The third-order valence-electron chi connectivity index (χ3n) is 7.33. The number of carbonyl (C=O) groups excluding carboxylic acids is 2. The molecule has 2 aromatic carbocycles. The van der Waals surface area contributed by atoms with E-state index in [-0.39, 0.29) is 42.2 Å². The zero-order chi connectivity index (χ0) is 29.7. The van der Waals surface area contributed by atoms with Crippen molar-refractivity contribution in [2.45, 2.75) is 71.7 Å². The lowest BCUT2D eigenvalue weighted by Crippen LogP contribution is -2.37. The molecule has 218 valence electrons. The number of amides is 2. The van der Waals surface area contributed by atoms with Crippen molar-refractivity contribution >= 4 is 17.8 Å². The van der Waals surface area contributed by atoms with Gasteiger partial charge in [-0.1, -0.05) is 32.9 Å². The van der Waals surface area contributed by atoms with Gasteiger partial charge in [0.15, 0.2) is 0 Å². The summed E-state index contributed by atoms with van der Waals surface area (Å²) in [4.78, 5) is 36.2. The normalized spacial score (nSPS) is 17.7. The molecule has 1 fully saturated rings. The molecule has 1 saturated carbocycles. The number of carboxylic acids is 1. The van der Waals surface area contributed by atoms with Gasteiger partial charge in [0.05, 0.1) is 13.0 Å². The van der Waals surface area contributed by atoms with E-state index in [0.717, 1.165) is 36.8 Å². The van der Waals surface area contributed by atoms with Gasteiger partial charge < -0.3 is 15.2 Å². The number of carbonyl (C=O) groups is 3. The van der Waals surface area contributed by atoms with Gasteiger partial charge in [-0.05, 0) is 84.4 Å². The molecule has 2 aromatic rings. The molecule has 0 aliphatic heterocycles. The first-order valence-corrected chi connectivity index (χ1v) is 13.2. The number of carboxylic acid groups (broad SMARTS) is 1. The Balaban J connectivity index is 1.75. The van der Waals surface area contributed by atoms with Crippen LogP contribution in [0.5, 0.6) is 5.75 Å². The molecule has 4 N–H and O–H groups in total. The van der Waals surface area contributed by atoms with Crippen LogP contribution in [0.25, 0.3) is 0 Å².